The van der Waals surface area contributed by atoms with Crippen LogP contribution in [0.2, 0.25) is 0 Å². The number of carbonyl (C=O) groups is 1. The van der Waals surface area contributed by atoms with Gasteiger partial charge in [0.15, 0.2) is 5.82 Å². The number of carboxylic acid groups (broad SMARTS) is 1. The minimum absolute atomic E-state index is 0.141. The fraction of sp³-hybridized carbons (Fsp3) is 0.154. The lowest BCUT2D eigenvalue weighted by atomic mass is 10.1. The third kappa shape index (κ3) is 2.15. The van der Waals surface area contributed by atoms with Crippen molar-refractivity contribution in [1.82, 2.24) is 9.97 Å². The minimum Gasteiger partial charge on any atom is -0.478 e. The van der Waals surface area contributed by atoms with E-state index in [2.05, 4.69) is 9.97 Å². The van der Waals surface area contributed by atoms with Crippen LogP contribution in [-0.2, 0) is 0 Å². The molecule has 1 N–H and O–H groups in total. The van der Waals surface area contributed by atoms with E-state index in [-0.39, 0.29) is 5.56 Å². The fourth-order valence-corrected chi connectivity index (χ4v) is 1.63. The summed E-state index contributed by atoms with van der Waals surface area (Å²) >= 11 is 0. The van der Waals surface area contributed by atoms with E-state index >= 15 is 0 Å². The van der Waals surface area contributed by atoms with E-state index in [1.165, 1.54) is 6.20 Å². The van der Waals surface area contributed by atoms with Crippen molar-refractivity contribution in [2.75, 3.05) is 0 Å². The van der Waals surface area contributed by atoms with E-state index in [4.69, 9.17) is 5.11 Å². The average molecular weight is 228 g/mol. The molecule has 0 spiro atoms. The van der Waals surface area contributed by atoms with E-state index < -0.39 is 5.97 Å². The van der Waals surface area contributed by atoms with Gasteiger partial charge in [-0.05, 0) is 19.4 Å². The molecule has 0 bridgehead atoms. The van der Waals surface area contributed by atoms with E-state index in [0.717, 1.165) is 11.1 Å². The predicted molar refractivity (Wildman–Crippen MR) is 63.9 cm³/mol. The third-order valence-corrected chi connectivity index (χ3v) is 2.60. The molecular formula is C13H12N2O2. The van der Waals surface area contributed by atoms with Crippen LogP contribution in [0.15, 0.2) is 30.5 Å². The van der Waals surface area contributed by atoms with Crippen LogP contribution < -0.4 is 0 Å². The molecule has 2 aromatic rings. The van der Waals surface area contributed by atoms with Crippen LogP contribution in [0.25, 0.3) is 11.4 Å². The minimum atomic E-state index is -1.00. The second-order valence-corrected chi connectivity index (χ2v) is 3.81. The topological polar surface area (TPSA) is 63.1 Å². The molecule has 1 aromatic carbocycles. The molecule has 86 valence electrons. The summed E-state index contributed by atoms with van der Waals surface area (Å²) in [5, 5.41) is 8.90. The predicted octanol–water partition coefficient (Wildman–Crippen LogP) is 2.46. The molecule has 0 aliphatic heterocycles. The zero-order valence-electron chi connectivity index (χ0n) is 9.64. The molecule has 0 fully saturated rings. The van der Waals surface area contributed by atoms with E-state index in [9.17, 15) is 4.79 Å². The van der Waals surface area contributed by atoms with Crippen LogP contribution in [0.3, 0.4) is 0 Å². The quantitative estimate of drug-likeness (QED) is 0.857. The Balaban J connectivity index is 2.52. The molecule has 1 heterocycles. The third-order valence-electron chi connectivity index (χ3n) is 2.60. The first kappa shape index (κ1) is 11.3. The standard InChI is InChI=1S/C13H12N2O2/c1-8-5-3-4-6-10(8)12-14-7-11(13(16)17)9(2)15-12/h3-7H,1-2H3,(H,16,17). The Kier molecular flexibility index (Phi) is 2.87. The summed E-state index contributed by atoms with van der Waals surface area (Å²) in [6.45, 7) is 3.64. The fourth-order valence-electron chi connectivity index (χ4n) is 1.63. The molecule has 0 aliphatic carbocycles. The molecule has 17 heavy (non-hydrogen) atoms. The number of aromatic carboxylic acids is 1. The molecule has 0 radical (unpaired) electrons. The maximum Gasteiger partial charge on any atom is 0.339 e. The molecule has 0 amide bonds. The molecular weight excluding hydrogens is 216 g/mol. The molecule has 4 nitrogen and oxygen atoms in total. The summed E-state index contributed by atoms with van der Waals surface area (Å²) in [5.74, 6) is -0.440. The number of carboxylic acids is 1. The first-order chi connectivity index (χ1) is 8.09. The smallest absolute Gasteiger partial charge is 0.339 e. The van der Waals surface area contributed by atoms with Gasteiger partial charge in [-0.15, -0.1) is 0 Å². The highest BCUT2D eigenvalue weighted by Gasteiger charge is 2.11. The lowest BCUT2D eigenvalue weighted by Crippen LogP contribution is -2.04. The summed E-state index contributed by atoms with van der Waals surface area (Å²) < 4.78 is 0. The summed E-state index contributed by atoms with van der Waals surface area (Å²) in [5.41, 5.74) is 2.61. The van der Waals surface area contributed by atoms with Crippen LogP contribution in [0.4, 0.5) is 0 Å². The van der Waals surface area contributed by atoms with Gasteiger partial charge in [-0.25, -0.2) is 14.8 Å². The van der Waals surface area contributed by atoms with Crippen molar-refractivity contribution in [2.24, 2.45) is 0 Å². The lowest BCUT2D eigenvalue weighted by molar-refractivity contribution is 0.0695. The highest BCUT2D eigenvalue weighted by molar-refractivity contribution is 5.88. The van der Waals surface area contributed by atoms with Gasteiger partial charge in [0.1, 0.15) is 0 Å². The van der Waals surface area contributed by atoms with Crippen LogP contribution in [-0.4, -0.2) is 21.0 Å². The molecule has 1 aromatic heterocycles. The molecule has 0 atom stereocenters. The van der Waals surface area contributed by atoms with E-state index in [1.807, 2.05) is 31.2 Å². The van der Waals surface area contributed by atoms with Crippen LogP contribution in [0.5, 0.6) is 0 Å². The summed E-state index contributed by atoms with van der Waals surface area (Å²) in [6, 6.07) is 7.74. The maximum atomic E-state index is 10.9. The second-order valence-electron chi connectivity index (χ2n) is 3.81. The van der Waals surface area contributed by atoms with E-state index in [1.54, 1.807) is 6.92 Å². The Bertz CT molecular complexity index is 579. The summed E-state index contributed by atoms with van der Waals surface area (Å²) in [4.78, 5) is 19.2. The molecule has 0 saturated heterocycles. The molecule has 0 unspecified atom stereocenters. The zero-order valence-corrected chi connectivity index (χ0v) is 9.64. The van der Waals surface area contributed by atoms with Crippen LogP contribution in [0.1, 0.15) is 21.6 Å². The number of nitrogens with zero attached hydrogens (tertiary/aromatic N) is 2. The number of aromatic nitrogens is 2. The Morgan fingerprint density at radius 1 is 1.24 bits per heavy atom. The highest BCUT2D eigenvalue weighted by Crippen LogP contribution is 2.19. The molecule has 4 heteroatoms. The maximum absolute atomic E-state index is 10.9. The summed E-state index contributed by atoms with van der Waals surface area (Å²) in [7, 11) is 0. The first-order valence-electron chi connectivity index (χ1n) is 5.22. The number of benzene rings is 1. The van der Waals surface area contributed by atoms with Gasteiger partial charge in [-0.3, -0.25) is 0 Å². The van der Waals surface area contributed by atoms with Crippen LogP contribution in [0, 0.1) is 13.8 Å². The zero-order chi connectivity index (χ0) is 12.4. The lowest BCUT2D eigenvalue weighted by Gasteiger charge is -2.06. The number of hydrogen-bond acceptors (Lipinski definition) is 3. The van der Waals surface area contributed by atoms with Crippen molar-refractivity contribution in [2.45, 2.75) is 13.8 Å². The SMILES string of the molecule is Cc1ccccc1-c1ncc(C(=O)O)c(C)n1. The van der Waals surface area contributed by atoms with Gasteiger partial charge in [0.25, 0.3) is 0 Å². The number of hydrogen-bond donors (Lipinski definition) is 1. The molecule has 0 saturated carbocycles. The monoisotopic (exact) mass is 228 g/mol. The highest BCUT2D eigenvalue weighted by atomic mass is 16.4. The van der Waals surface area contributed by atoms with Gasteiger partial charge in [0.2, 0.25) is 0 Å². The van der Waals surface area contributed by atoms with Crippen LogP contribution >= 0.6 is 0 Å². The van der Waals surface area contributed by atoms with Crippen molar-refractivity contribution in [3.8, 4) is 11.4 Å². The molecule has 0 aliphatic rings. The van der Waals surface area contributed by atoms with Gasteiger partial charge in [-0.1, -0.05) is 24.3 Å². The van der Waals surface area contributed by atoms with Gasteiger partial charge >= 0.3 is 5.97 Å². The molecule has 2 rings (SSSR count). The normalized spacial score (nSPS) is 10.2. The van der Waals surface area contributed by atoms with Crippen molar-refractivity contribution in [3.63, 3.8) is 0 Å². The van der Waals surface area contributed by atoms with Gasteiger partial charge in [-0.2, -0.15) is 0 Å². The first-order valence-corrected chi connectivity index (χ1v) is 5.22. The Morgan fingerprint density at radius 2 is 1.94 bits per heavy atom. The number of rotatable bonds is 2. The Labute approximate surface area is 99.0 Å². The van der Waals surface area contributed by atoms with Gasteiger partial charge in [0.05, 0.1) is 11.3 Å². The largest absolute Gasteiger partial charge is 0.478 e. The van der Waals surface area contributed by atoms with Gasteiger partial charge in [0, 0.05) is 11.8 Å². The average Bonchev–Trinajstić information content (AvgIpc) is 2.29. The van der Waals surface area contributed by atoms with E-state index in [0.29, 0.717) is 11.5 Å². The Hall–Kier alpha value is -2.23. The van der Waals surface area contributed by atoms with Crippen molar-refractivity contribution in [3.05, 3.63) is 47.3 Å². The summed E-state index contributed by atoms with van der Waals surface area (Å²) in [6.07, 6.45) is 1.35. The van der Waals surface area contributed by atoms with Crippen molar-refractivity contribution >= 4 is 5.97 Å². The Morgan fingerprint density at radius 3 is 2.53 bits per heavy atom. The second kappa shape index (κ2) is 4.33. The van der Waals surface area contributed by atoms with Crippen molar-refractivity contribution in [1.29, 1.82) is 0 Å². The van der Waals surface area contributed by atoms with Gasteiger partial charge < -0.3 is 5.11 Å². The number of aryl methyl sites for hydroxylation is 2. The van der Waals surface area contributed by atoms with Crippen molar-refractivity contribution < 1.29 is 9.90 Å².